The molecule has 3 aromatic carbocycles. The first kappa shape index (κ1) is 27.4. The van der Waals surface area contributed by atoms with Gasteiger partial charge in [0.2, 0.25) is 0 Å². The van der Waals surface area contributed by atoms with Crippen LogP contribution < -0.4 is 0 Å². The van der Waals surface area contributed by atoms with Gasteiger partial charge in [0.05, 0.1) is 11.9 Å². The Bertz CT molecular complexity index is 1880. The summed E-state index contributed by atoms with van der Waals surface area (Å²) in [6.45, 7) is 3.99. The summed E-state index contributed by atoms with van der Waals surface area (Å²) in [7, 11) is 1.97. The van der Waals surface area contributed by atoms with Crippen molar-refractivity contribution in [3.63, 3.8) is 0 Å². The van der Waals surface area contributed by atoms with E-state index < -0.39 is 5.97 Å². The Balaban J connectivity index is 1.31. The third kappa shape index (κ3) is 4.98. The third-order valence-corrected chi connectivity index (χ3v) is 9.58. The molecule has 1 amide bonds. The van der Waals surface area contributed by atoms with E-state index >= 15 is 0 Å². The predicted octanol–water partition coefficient (Wildman–Crippen LogP) is 6.15. The van der Waals surface area contributed by atoms with E-state index in [4.69, 9.17) is 0 Å². The fourth-order valence-electron chi connectivity index (χ4n) is 7.14. The molecule has 2 aromatic heterocycles. The van der Waals surface area contributed by atoms with Crippen LogP contribution in [0, 0.1) is 6.92 Å². The Morgan fingerprint density at radius 1 is 0.930 bits per heavy atom. The van der Waals surface area contributed by atoms with Crippen molar-refractivity contribution in [2.45, 2.75) is 70.9 Å². The van der Waals surface area contributed by atoms with Crippen molar-refractivity contribution in [3.8, 4) is 0 Å². The van der Waals surface area contributed by atoms with Crippen molar-refractivity contribution in [2.24, 2.45) is 7.05 Å². The minimum absolute atomic E-state index is 0.0279. The van der Waals surface area contributed by atoms with Gasteiger partial charge in [0.1, 0.15) is 11.2 Å². The number of fused-ring (bicyclic) bond motifs is 6. The van der Waals surface area contributed by atoms with Gasteiger partial charge in [-0.15, -0.1) is 5.10 Å². The lowest BCUT2D eigenvalue weighted by molar-refractivity contribution is -0.137. The number of rotatable bonds is 2. The number of amides is 1. The molecule has 1 atom stereocenters. The summed E-state index contributed by atoms with van der Waals surface area (Å²) in [5.74, 6) is -1.16. The van der Waals surface area contributed by atoms with Gasteiger partial charge >= 0.3 is 5.97 Å². The number of carboxylic acid groups (broad SMARTS) is 1. The standard InChI is InChI=1S/C35H37N5O3/c1-22-28-11-13-31-34(22)36-37-40(31)15-6-4-3-5-7-23-8-12-30-26(17-23)19-32(38(30)2)35(43)39-16-14-24-9-10-25(18-27(24)21-39)29(28)20-33(41)42/h8-13,17-19,29H,3-7,14-16,20-21H2,1-2H3,(H,41,42). The molecule has 10 bridgehead atoms. The van der Waals surface area contributed by atoms with Crippen molar-refractivity contribution >= 4 is 33.8 Å². The largest absolute Gasteiger partial charge is 0.481 e. The van der Waals surface area contributed by atoms with Crippen molar-refractivity contribution in [3.05, 3.63) is 93.7 Å². The summed E-state index contributed by atoms with van der Waals surface area (Å²) < 4.78 is 4.00. The number of hydrogen-bond acceptors (Lipinski definition) is 4. The zero-order chi connectivity index (χ0) is 29.7. The second-order valence-corrected chi connectivity index (χ2v) is 12.3. The molecular formula is C35H37N5O3. The van der Waals surface area contributed by atoms with Crippen LogP contribution in [0.3, 0.4) is 0 Å². The molecule has 1 N–H and O–H groups in total. The van der Waals surface area contributed by atoms with Crippen LogP contribution in [0.1, 0.15) is 81.9 Å². The van der Waals surface area contributed by atoms with Gasteiger partial charge in [0, 0.05) is 43.5 Å². The number of hydrogen-bond donors (Lipinski definition) is 1. The molecule has 0 fully saturated rings. The van der Waals surface area contributed by atoms with Crippen LogP contribution in [0.4, 0.5) is 0 Å². The molecular weight excluding hydrogens is 538 g/mol. The van der Waals surface area contributed by atoms with E-state index in [0.717, 1.165) is 89.3 Å². The Morgan fingerprint density at radius 2 is 1.77 bits per heavy atom. The summed E-state index contributed by atoms with van der Waals surface area (Å²) >= 11 is 0. The maximum absolute atomic E-state index is 13.9. The normalized spacial score (nSPS) is 17.7. The Hall–Kier alpha value is -4.46. The fraction of sp³-hybridized carbons (Fsp3) is 0.371. The number of nitrogens with zero attached hydrogens (tertiary/aromatic N) is 5. The molecule has 43 heavy (non-hydrogen) atoms. The zero-order valence-electron chi connectivity index (χ0n) is 24.8. The summed E-state index contributed by atoms with van der Waals surface area (Å²) in [6, 6.07) is 19.0. The van der Waals surface area contributed by atoms with E-state index in [0.29, 0.717) is 18.8 Å². The summed E-state index contributed by atoms with van der Waals surface area (Å²) in [5.41, 5.74) is 10.1. The molecule has 0 saturated heterocycles. The van der Waals surface area contributed by atoms with Crippen LogP contribution in [0.5, 0.6) is 0 Å². The Kier molecular flexibility index (Phi) is 7.00. The minimum atomic E-state index is -0.848. The fourth-order valence-corrected chi connectivity index (χ4v) is 7.14. The molecule has 5 heterocycles. The molecule has 0 saturated carbocycles. The van der Waals surface area contributed by atoms with Crippen LogP contribution in [0.2, 0.25) is 0 Å². The molecule has 8 heteroatoms. The van der Waals surface area contributed by atoms with Crippen LogP contribution in [0.15, 0.2) is 54.6 Å². The molecule has 0 radical (unpaired) electrons. The highest BCUT2D eigenvalue weighted by Crippen LogP contribution is 2.35. The highest BCUT2D eigenvalue weighted by atomic mass is 16.4. The Morgan fingerprint density at radius 3 is 2.63 bits per heavy atom. The lowest BCUT2D eigenvalue weighted by Gasteiger charge is -2.30. The molecule has 0 spiro atoms. The highest BCUT2D eigenvalue weighted by Gasteiger charge is 2.27. The molecule has 0 aliphatic carbocycles. The van der Waals surface area contributed by atoms with E-state index in [1.54, 1.807) is 0 Å². The van der Waals surface area contributed by atoms with Gasteiger partial charge in [-0.3, -0.25) is 9.59 Å². The second-order valence-electron chi connectivity index (χ2n) is 12.3. The number of aryl methyl sites for hydroxylation is 4. The lowest BCUT2D eigenvalue weighted by atomic mass is 9.83. The maximum Gasteiger partial charge on any atom is 0.304 e. The van der Waals surface area contributed by atoms with Gasteiger partial charge in [-0.05, 0) is 90.3 Å². The molecule has 8 nitrogen and oxygen atoms in total. The van der Waals surface area contributed by atoms with E-state index in [1.807, 2.05) is 40.3 Å². The molecule has 220 valence electrons. The summed E-state index contributed by atoms with van der Waals surface area (Å²) in [6.07, 6.45) is 6.15. The summed E-state index contributed by atoms with van der Waals surface area (Å²) in [5, 5.41) is 20.1. The summed E-state index contributed by atoms with van der Waals surface area (Å²) in [4.78, 5) is 27.9. The smallest absolute Gasteiger partial charge is 0.304 e. The number of carbonyl (C=O) groups is 2. The quantitative estimate of drug-likeness (QED) is 0.272. The number of carbonyl (C=O) groups excluding carboxylic acids is 1. The number of aliphatic carboxylic acids is 1. The molecule has 3 aliphatic heterocycles. The van der Waals surface area contributed by atoms with Crippen LogP contribution in [-0.2, 0) is 37.8 Å². The van der Waals surface area contributed by atoms with Gasteiger partial charge < -0.3 is 14.6 Å². The van der Waals surface area contributed by atoms with Crippen LogP contribution in [0.25, 0.3) is 21.9 Å². The van der Waals surface area contributed by atoms with Gasteiger partial charge in [0.25, 0.3) is 5.91 Å². The average molecular weight is 576 g/mol. The van der Waals surface area contributed by atoms with Crippen LogP contribution in [-0.4, -0.2) is 48.0 Å². The molecule has 1 unspecified atom stereocenters. The Labute approximate surface area is 250 Å². The first-order valence-electron chi connectivity index (χ1n) is 15.4. The van der Waals surface area contributed by atoms with E-state index in [9.17, 15) is 14.7 Å². The van der Waals surface area contributed by atoms with E-state index in [-0.39, 0.29) is 18.2 Å². The highest BCUT2D eigenvalue weighted by molar-refractivity contribution is 5.99. The lowest BCUT2D eigenvalue weighted by Crippen LogP contribution is -2.36. The molecule has 3 aliphatic rings. The number of aromatic nitrogens is 4. The number of benzene rings is 3. The molecule has 5 aromatic rings. The second kappa shape index (κ2) is 11.0. The topological polar surface area (TPSA) is 93.3 Å². The average Bonchev–Trinajstić information content (AvgIpc) is 3.57. The van der Waals surface area contributed by atoms with E-state index in [2.05, 4.69) is 52.8 Å². The van der Waals surface area contributed by atoms with Gasteiger partial charge in [0.15, 0.2) is 0 Å². The van der Waals surface area contributed by atoms with E-state index in [1.165, 1.54) is 11.1 Å². The number of carboxylic acids is 1. The predicted molar refractivity (Wildman–Crippen MR) is 166 cm³/mol. The van der Waals surface area contributed by atoms with Gasteiger partial charge in [-0.2, -0.15) is 0 Å². The first-order valence-corrected chi connectivity index (χ1v) is 15.4. The van der Waals surface area contributed by atoms with Crippen molar-refractivity contribution in [1.82, 2.24) is 24.5 Å². The van der Waals surface area contributed by atoms with Gasteiger partial charge in [-0.1, -0.05) is 48.4 Å². The van der Waals surface area contributed by atoms with Crippen molar-refractivity contribution < 1.29 is 14.7 Å². The monoisotopic (exact) mass is 575 g/mol. The maximum atomic E-state index is 13.9. The minimum Gasteiger partial charge on any atom is -0.481 e. The SMILES string of the molecule is Cc1c2ccc3c1nnn3CCCCCCc1ccc3c(c1)cc(n3C)C(=O)N1CCc3ccc(cc3C1)C2CC(=O)O. The van der Waals surface area contributed by atoms with Crippen molar-refractivity contribution in [1.29, 1.82) is 0 Å². The molecule has 8 rings (SSSR count). The van der Waals surface area contributed by atoms with Crippen molar-refractivity contribution in [2.75, 3.05) is 6.54 Å². The van der Waals surface area contributed by atoms with Crippen LogP contribution >= 0.6 is 0 Å². The third-order valence-electron chi connectivity index (χ3n) is 9.58. The first-order chi connectivity index (χ1) is 20.9. The zero-order valence-corrected chi connectivity index (χ0v) is 24.8. The van der Waals surface area contributed by atoms with Gasteiger partial charge in [-0.25, -0.2) is 4.68 Å².